The van der Waals surface area contributed by atoms with Crippen molar-refractivity contribution in [3.63, 3.8) is 0 Å². The number of hydrogen-bond donors (Lipinski definition) is 1. The van der Waals surface area contributed by atoms with Gasteiger partial charge in [-0.05, 0) is 29.8 Å². The maximum atomic E-state index is 9.16. The lowest BCUT2D eigenvalue weighted by Crippen LogP contribution is -2.17. The standard InChI is InChI=1S/C18H18N4O4/c23-11-13-2-1-3-16(8-13)26-12-15-10-22(21-20-15)9-14-4-5-17-18(19-14)25-7-6-24-17/h1-5,8,10,23H,6-7,9,11-12H2. The van der Waals surface area contributed by atoms with E-state index in [4.69, 9.17) is 19.3 Å². The third-order valence-electron chi connectivity index (χ3n) is 3.84. The van der Waals surface area contributed by atoms with E-state index in [1.54, 1.807) is 10.7 Å². The van der Waals surface area contributed by atoms with Crippen LogP contribution in [0.1, 0.15) is 17.0 Å². The van der Waals surface area contributed by atoms with Crippen molar-refractivity contribution in [2.24, 2.45) is 0 Å². The summed E-state index contributed by atoms with van der Waals surface area (Å²) < 4.78 is 18.4. The summed E-state index contributed by atoms with van der Waals surface area (Å²) in [5.74, 6) is 1.86. The third-order valence-corrected chi connectivity index (χ3v) is 3.84. The predicted molar refractivity (Wildman–Crippen MR) is 91.0 cm³/mol. The zero-order chi connectivity index (χ0) is 17.8. The minimum Gasteiger partial charge on any atom is -0.487 e. The van der Waals surface area contributed by atoms with Crippen molar-refractivity contribution in [1.29, 1.82) is 0 Å². The summed E-state index contributed by atoms with van der Waals surface area (Å²) in [5, 5.41) is 17.4. The number of ether oxygens (including phenoxy) is 3. The maximum absolute atomic E-state index is 9.16. The van der Waals surface area contributed by atoms with Crippen LogP contribution in [0.4, 0.5) is 0 Å². The van der Waals surface area contributed by atoms with Gasteiger partial charge in [-0.1, -0.05) is 17.3 Å². The van der Waals surface area contributed by atoms with Crippen molar-refractivity contribution < 1.29 is 19.3 Å². The normalized spacial score (nSPS) is 12.8. The Bertz CT molecular complexity index is 896. The Morgan fingerprint density at radius 1 is 1.12 bits per heavy atom. The fourth-order valence-corrected chi connectivity index (χ4v) is 2.60. The minimum atomic E-state index is -0.0179. The van der Waals surface area contributed by atoms with Gasteiger partial charge < -0.3 is 19.3 Å². The minimum absolute atomic E-state index is 0.0179. The molecule has 26 heavy (non-hydrogen) atoms. The van der Waals surface area contributed by atoms with E-state index < -0.39 is 0 Å². The molecule has 8 heteroatoms. The monoisotopic (exact) mass is 354 g/mol. The number of benzene rings is 1. The molecule has 8 nitrogen and oxygen atoms in total. The number of fused-ring (bicyclic) bond motifs is 1. The molecular formula is C18H18N4O4. The van der Waals surface area contributed by atoms with E-state index in [0.717, 1.165) is 11.3 Å². The molecule has 3 aromatic rings. The molecule has 2 aromatic heterocycles. The largest absolute Gasteiger partial charge is 0.487 e. The van der Waals surface area contributed by atoms with E-state index in [1.165, 1.54) is 0 Å². The van der Waals surface area contributed by atoms with Crippen molar-refractivity contribution in [3.05, 3.63) is 59.5 Å². The average Bonchev–Trinajstić information content (AvgIpc) is 3.14. The van der Waals surface area contributed by atoms with Crippen LogP contribution in [-0.4, -0.2) is 38.3 Å². The van der Waals surface area contributed by atoms with Gasteiger partial charge in [0.2, 0.25) is 0 Å². The second-order valence-electron chi connectivity index (χ2n) is 5.80. The predicted octanol–water partition coefficient (Wildman–Crippen LogP) is 1.56. The Morgan fingerprint density at radius 2 is 2.04 bits per heavy atom. The molecule has 1 aliphatic rings. The van der Waals surface area contributed by atoms with E-state index in [0.29, 0.717) is 49.4 Å². The first kappa shape index (κ1) is 16.3. The summed E-state index contributed by atoms with van der Waals surface area (Å²) >= 11 is 0. The van der Waals surface area contributed by atoms with Gasteiger partial charge in [-0.2, -0.15) is 0 Å². The summed E-state index contributed by atoms with van der Waals surface area (Å²) in [6.07, 6.45) is 1.81. The highest BCUT2D eigenvalue weighted by atomic mass is 16.6. The van der Waals surface area contributed by atoms with E-state index in [9.17, 15) is 0 Å². The van der Waals surface area contributed by atoms with Gasteiger partial charge in [0.15, 0.2) is 5.75 Å². The second-order valence-corrected chi connectivity index (χ2v) is 5.80. The van der Waals surface area contributed by atoms with Gasteiger partial charge in [-0.25, -0.2) is 9.67 Å². The Balaban J connectivity index is 1.38. The number of aliphatic hydroxyl groups is 1. The lowest BCUT2D eigenvalue weighted by Gasteiger charge is -2.17. The molecule has 1 aromatic carbocycles. The van der Waals surface area contributed by atoms with Crippen LogP contribution in [0.2, 0.25) is 0 Å². The van der Waals surface area contributed by atoms with Crippen molar-refractivity contribution in [2.75, 3.05) is 13.2 Å². The molecule has 0 spiro atoms. The van der Waals surface area contributed by atoms with Gasteiger partial charge in [0.1, 0.15) is 31.3 Å². The van der Waals surface area contributed by atoms with Crippen LogP contribution < -0.4 is 14.2 Å². The number of hydrogen-bond acceptors (Lipinski definition) is 7. The maximum Gasteiger partial charge on any atom is 0.257 e. The summed E-state index contributed by atoms with van der Waals surface area (Å²) in [4.78, 5) is 4.44. The summed E-state index contributed by atoms with van der Waals surface area (Å²) in [7, 11) is 0. The van der Waals surface area contributed by atoms with Gasteiger partial charge in [-0.15, -0.1) is 5.10 Å². The van der Waals surface area contributed by atoms with Gasteiger partial charge in [0, 0.05) is 0 Å². The van der Waals surface area contributed by atoms with Crippen molar-refractivity contribution >= 4 is 0 Å². The lowest BCUT2D eigenvalue weighted by molar-refractivity contribution is 0.164. The smallest absolute Gasteiger partial charge is 0.257 e. The molecule has 1 aliphatic heterocycles. The number of pyridine rings is 1. The molecule has 0 fully saturated rings. The Morgan fingerprint density at radius 3 is 2.96 bits per heavy atom. The first-order valence-corrected chi connectivity index (χ1v) is 8.27. The van der Waals surface area contributed by atoms with E-state index >= 15 is 0 Å². The molecule has 134 valence electrons. The van der Waals surface area contributed by atoms with Gasteiger partial charge >= 0.3 is 0 Å². The Kier molecular flexibility index (Phi) is 4.65. The van der Waals surface area contributed by atoms with Gasteiger partial charge in [-0.3, -0.25) is 0 Å². The van der Waals surface area contributed by atoms with E-state index in [-0.39, 0.29) is 6.61 Å². The van der Waals surface area contributed by atoms with Crippen molar-refractivity contribution in [2.45, 2.75) is 19.8 Å². The molecule has 0 unspecified atom stereocenters. The zero-order valence-electron chi connectivity index (χ0n) is 14.0. The highest BCUT2D eigenvalue weighted by Crippen LogP contribution is 2.27. The van der Waals surface area contributed by atoms with Crippen LogP contribution in [0.15, 0.2) is 42.6 Å². The number of aliphatic hydroxyl groups excluding tert-OH is 1. The SMILES string of the molecule is OCc1cccc(OCc2cn(Cc3ccc4c(n3)OCCO4)nn2)c1. The van der Waals surface area contributed by atoms with Crippen LogP contribution >= 0.6 is 0 Å². The first-order valence-electron chi connectivity index (χ1n) is 8.27. The molecule has 0 saturated carbocycles. The molecule has 1 N–H and O–H groups in total. The van der Waals surface area contributed by atoms with Crippen molar-refractivity contribution in [3.8, 4) is 17.4 Å². The summed E-state index contributed by atoms with van der Waals surface area (Å²) in [5.41, 5.74) is 2.31. The fourth-order valence-electron chi connectivity index (χ4n) is 2.60. The summed E-state index contributed by atoms with van der Waals surface area (Å²) in [6.45, 7) is 1.80. The van der Waals surface area contributed by atoms with Crippen LogP contribution in [-0.2, 0) is 19.8 Å². The Hall–Kier alpha value is -3.13. The zero-order valence-corrected chi connectivity index (χ0v) is 14.0. The number of rotatable bonds is 6. The van der Waals surface area contributed by atoms with Crippen LogP contribution in [0, 0.1) is 0 Å². The molecule has 0 bridgehead atoms. The Labute approximate surface area is 150 Å². The molecule has 0 atom stereocenters. The highest BCUT2D eigenvalue weighted by molar-refractivity contribution is 5.35. The summed E-state index contributed by atoms with van der Waals surface area (Å²) in [6, 6.07) is 11.0. The average molecular weight is 354 g/mol. The van der Waals surface area contributed by atoms with Crippen molar-refractivity contribution in [1.82, 2.24) is 20.0 Å². The lowest BCUT2D eigenvalue weighted by atomic mass is 10.2. The van der Waals surface area contributed by atoms with Crippen LogP contribution in [0.25, 0.3) is 0 Å². The molecule has 0 aliphatic carbocycles. The van der Waals surface area contributed by atoms with Gasteiger partial charge in [0.05, 0.1) is 25.0 Å². The van der Waals surface area contributed by atoms with E-state index in [1.807, 2.05) is 36.5 Å². The van der Waals surface area contributed by atoms with Crippen LogP contribution in [0.5, 0.6) is 17.4 Å². The van der Waals surface area contributed by atoms with Crippen LogP contribution in [0.3, 0.4) is 0 Å². The number of nitrogens with zero attached hydrogens (tertiary/aromatic N) is 4. The topological polar surface area (TPSA) is 91.5 Å². The van der Waals surface area contributed by atoms with Gasteiger partial charge in [0.25, 0.3) is 5.88 Å². The first-order chi connectivity index (χ1) is 12.8. The number of aromatic nitrogens is 4. The fraction of sp³-hybridized carbons (Fsp3) is 0.278. The molecule has 4 rings (SSSR count). The molecule has 0 saturated heterocycles. The quantitative estimate of drug-likeness (QED) is 0.718. The molecule has 0 amide bonds. The van der Waals surface area contributed by atoms with E-state index in [2.05, 4.69) is 15.3 Å². The highest BCUT2D eigenvalue weighted by Gasteiger charge is 2.14. The third kappa shape index (κ3) is 3.75. The molecule has 0 radical (unpaired) electrons. The second kappa shape index (κ2) is 7.40. The molecule has 3 heterocycles. The molecular weight excluding hydrogens is 336 g/mol.